The molecule has 2 rings (SSSR count). The Morgan fingerprint density at radius 2 is 2.31 bits per heavy atom. The Morgan fingerprint density at radius 1 is 1.44 bits per heavy atom. The summed E-state index contributed by atoms with van der Waals surface area (Å²) >= 11 is 1.74. The fourth-order valence-corrected chi connectivity index (χ4v) is 2.14. The van der Waals surface area contributed by atoms with Gasteiger partial charge >= 0.3 is 0 Å². The van der Waals surface area contributed by atoms with E-state index >= 15 is 0 Å². The van der Waals surface area contributed by atoms with Gasteiger partial charge in [0.25, 0.3) is 0 Å². The molecule has 6 heteroatoms. The summed E-state index contributed by atoms with van der Waals surface area (Å²) < 4.78 is 4.88. The van der Waals surface area contributed by atoms with Crippen molar-refractivity contribution < 1.29 is 4.52 Å². The molecule has 2 aromatic rings. The first kappa shape index (κ1) is 11.2. The average Bonchev–Trinajstić information content (AvgIpc) is 2.88. The first-order chi connectivity index (χ1) is 7.78. The molecular formula is C10H14N4OS. The summed E-state index contributed by atoms with van der Waals surface area (Å²) in [6, 6.07) is 0. The van der Waals surface area contributed by atoms with Gasteiger partial charge in [-0.1, -0.05) is 12.1 Å². The topological polar surface area (TPSA) is 63.8 Å². The largest absolute Gasteiger partial charge is 0.340 e. The third-order valence-corrected chi connectivity index (χ3v) is 3.20. The van der Waals surface area contributed by atoms with Crippen LogP contribution in [0.3, 0.4) is 0 Å². The van der Waals surface area contributed by atoms with Gasteiger partial charge in [-0.05, 0) is 6.42 Å². The van der Waals surface area contributed by atoms with Crippen LogP contribution < -0.4 is 5.32 Å². The monoisotopic (exact) mass is 238 g/mol. The summed E-state index contributed by atoms with van der Waals surface area (Å²) in [5.74, 6) is 1.29. The zero-order chi connectivity index (χ0) is 11.4. The van der Waals surface area contributed by atoms with Crippen LogP contribution in [-0.2, 0) is 19.5 Å². The second kappa shape index (κ2) is 5.18. The molecule has 0 aliphatic heterocycles. The van der Waals surface area contributed by atoms with Crippen LogP contribution in [0.5, 0.6) is 0 Å². The number of nitrogens with zero attached hydrogens (tertiary/aromatic N) is 3. The van der Waals surface area contributed by atoms with Crippen molar-refractivity contribution in [2.75, 3.05) is 0 Å². The van der Waals surface area contributed by atoms with Crippen LogP contribution in [0.1, 0.15) is 28.5 Å². The normalized spacial score (nSPS) is 10.9. The second-order valence-electron chi connectivity index (χ2n) is 3.41. The molecule has 0 spiro atoms. The van der Waals surface area contributed by atoms with Gasteiger partial charge in [0.1, 0.15) is 0 Å². The van der Waals surface area contributed by atoms with Crippen molar-refractivity contribution in [1.82, 2.24) is 20.4 Å². The maximum atomic E-state index is 4.88. The van der Waals surface area contributed by atoms with Crippen LogP contribution in [0.4, 0.5) is 0 Å². The van der Waals surface area contributed by atoms with E-state index in [1.807, 2.05) is 6.20 Å². The van der Waals surface area contributed by atoms with E-state index < -0.39 is 0 Å². The van der Waals surface area contributed by atoms with Crippen LogP contribution in [0, 0.1) is 6.92 Å². The highest BCUT2D eigenvalue weighted by Crippen LogP contribution is 2.12. The fourth-order valence-electron chi connectivity index (χ4n) is 1.30. The standard InChI is InChI=1S/C10H14N4OS/c1-3-10-12-5-8(16-10)4-11-6-9-13-7(2)15-14-9/h5,11H,3-4,6H2,1-2H3. The Labute approximate surface area is 97.9 Å². The zero-order valence-corrected chi connectivity index (χ0v) is 10.2. The highest BCUT2D eigenvalue weighted by molar-refractivity contribution is 7.11. The van der Waals surface area contributed by atoms with E-state index in [1.54, 1.807) is 18.3 Å². The lowest BCUT2D eigenvalue weighted by atomic mass is 10.5. The van der Waals surface area contributed by atoms with Crippen LogP contribution in [0.15, 0.2) is 10.7 Å². The van der Waals surface area contributed by atoms with Crippen molar-refractivity contribution >= 4 is 11.3 Å². The molecule has 0 saturated carbocycles. The van der Waals surface area contributed by atoms with Gasteiger partial charge in [0.05, 0.1) is 11.6 Å². The molecule has 1 N–H and O–H groups in total. The van der Waals surface area contributed by atoms with Crippen molar-refractivity contribution in [2.45, 2.75) is 33.4 Å². The van der Waals surface area contributed by atoms with E-state index in [1.165, 1.54) is 9.88 Å². The van der Waals surface area contributed by atoms with Crippen molar-refractivity contribution in [2.24, 2.45) is 0 Å². The SMILES string of the molecule is CCc1ncc(CNCc2noc(C)n2)s1. The molecule has 0 aliphatic rings. The minimum atomic E-state index is 0.600. The molecule has 0 atom stereocenters. The van der Waals surface area contributed by atoms with Crippen molar-refractivity contribution in [1.29, 1.82) is 0 Å². The third kappa shape index (κ3) is 2.86. The number of hydrogen-bond donors (Lipinski definition) is 1. The molecule has 0 aromatic carbocycles. The lowest BCUT2D eigenvalue weighted by molar-refractivity contribution is 0.385. The first-order valence-corrected chi connectivity index (χ1v) is 6.03. The van der Waals surface area contributed by atoms with Gasteiger partial charge in [-0.15, -0.1) is 11.3 Å². The quantitative estimate of drug-likeness (QED) is 0.858. The van der Waals surface area contributed by atoms with Gasteiger partial charge in [0.2, 0.25) is 5.89 Å². The summed E-state index contributed by atoms with van der Waals surface area (Å²) in [6.45, 7) is 5.31. The zero-order valence-electron chi connectivity index (χ0n) is 9.36. The second-order valence-corrected chi connectivity index (χ2v) is 4.61. The van der Waals surface area contributed by atoms with Crippen molar-refractivity contribution in [3.8, 4) is 0 Å². The number of rotatable bonds is 5. The molecule has 0 bridgehead atoms. The molecule has 0 unspecified atom stereocenters. The molecule has 0 fully saturated rings. The van der Waals surface area contributed by atoms with E-state index in [4.69, 9.17) is 4.52 Å². The summed E-state index contributed by atoms with van der Waals surface area (Å²) in [5, 5.41) is 8.23. The molecule has 5 nitrogen and oxygen atoms in total. The highest BCUT2D eigenvalue weighted by atomic mass is 32.1. The highest BCUT2D eigenvalue weighted by Gasteiger charge is 2.03. The minimum Gasteiger partial charge on any atom is -0.340 e. The van der Waals surface area contributed by atoms with Crippen LogP contribution in [0.2, 0.25) is 0 Å². The Hall–Kier alpha value is -1.27. The van der Waals surface area contributed by atoms with Gasteiger partial charge in [-0.3, -0.25) is 0 Å². The molecule has 0 amide bonds. The lowest BCUT2D eigenvalue weighted by Gasteiger charge is -1.97. The number of hydrogen-bond acceptors (Lipinski definition) is 6. The smallest absolute Gasteiger partial charge is 0.223 e. The summed E-state index contributed by atoms with van der Waals surface area (Å²) in [6.07, 6.45) is 2.91. The van der Waals surface area contributed by atoms with Crippen LogP contribution in [-0.4, -0.2) is 15.1 Å². The third-order valence-electron chi connectivity index (χ3n) is 2.06. The van der Waals surface area contributed by atoms with Gasteiger partial charge < -0.3 is 9.84 Å². The maximum Gasteiger partial charge on any atom is 0.223 e. The average molecular weight is 238 g/mol. The Kier molecular flexibility index (Phi) is 3.63. The number of aryl methyl sites for hydroxylation is 2. The van der Waals surface area contributed by atoms with Gasteiger partial charge in [-0.25, -0.2) is 4.98 Å². The van der Waals surface area contributed by atoms with Crippen LogP contribution in [0.25, 0.3) is 0 Å². The predicted octanol–water partition coefficient (Wildman–Crippen LogP) is 1.69. The fraction of sp³-hybridized carbons (Fsp3) is 0.500. The predicted molar refractivity (Wildman–Crippen MR) is 61.1 cm³/mol. The summed E-state index contributed by atoms with van der Waals surface area (Å²) in [7, 11) is 0. The lowest BCUT2D eigenvalue weighted by Crippen LogP contribution is -2.12. The molecule has 2 aromatic heterocycles. The number of aromatic nitrogens is 3. The van der Waals surface area contributed by atoms with Gasteiger partial charge in [0, 0.05) is 24.5 Å². The molecule has 16 heavy (non-hydrogen) atoms. The maximum absolute atomic E-state index is 4.88. The van der Waals surface area contributed by atoms with E-state index in [2.05, 4.69) is 27.4 Å². The van der Waals surface area contributed by atoms with E-state index in [0.717, 1.165) is 13.0 Å². The van der Waals surface area contributed by atoms with Crippen LogP contribution >= 0.6 is 11.3 Å². The van der Waals surface area contributed by atoms with Gasteiger partial charge in [-0.2, -0.15) is 4.98 Å². The minimum absolute atomic E-state index is 0.600. The van der Waals surface area contributed by atoms with E-state index in [0.29, 0.717) is 18.3 Å². The van der Waals surface area contributed by atoms with E-state index in [-0.39, 0.29) is 0 Å². The van der Waals surface area contributed by atoms with Gasteiger partial charge in [0.15, 0.2) is 5.82 Å². The first-order valence-electron chi connectivity index (χ1n) is 5.21. The van der Waals surface area contributed by atoms with Crippen molar-refractivity contribution in [3.63, 3.8) is 0 Å². The number of thiazole rings is 1. The van der Waals surface area contributed by atoms with Crippen molar-refractivity contribution in [3.05, 3.63) is 27.8 Å². The summed E-state index contributed by atoms with van der Waals surface area (Å²) in [4.78, 5) is 9.64. The van der Waals surface area contributed by atoms with E-state index in [9.17, 15) is 0 Å². The number of nitrogens with one attached hydrogen (secondary N) is 1. The molecule has 0 radical (unpaired) electrons. The molecule has 2 heterocycles. The molecule has 0 saturated heterocycles. The molecular weight excluding hydrogens is 224 g/mol. The molecule has 86 valence electrons. The Morgan fingerprint density at radius 3 is 2.94 bits per heavy atom. The Balaban J connectivity index is 1.79. The molecule has 0 aliphatic carbocycles. The Bertz CT molecular complexity index is 451. The summed E-state index contributed by atoms with van der Waals surface area (Å²) in [5.41, 5.74) is 0.